The Bertz CT molecular complexity index is 1190. The lowest BCUT2D eigenvalue weighted by atomic mass is 9.92. The average Bonchev–Trinajstić information content (AvgIpc) is 3.17. The number of aliphatic hydroxyl groups is 1. The van der Waals surface area contributed by atoms with Crippen molar-refractivity contribution in [1.82, 2.24) is 9.88 Å². The minimum Gasteiger partial charge on any atom is -0.491 e. The Morgan fingerprint density at radius 1 is 1.03 bits per heavy atom. The number of aliphatic hydroxyl groups excluding tert-OH is 1. The molecule has 0 fully saturated rings. The van der Waals surface area contributed by atoms with Gasteiger partial charge in [-0.1, -0.05) is 42.5 Å². The van der Waals surface area contributed by atoms with Crippen molar-refractivity contribution in [3.05, 3.63) is 101 Å². The van der Waals surface area contributed by atoms with Crippen molar-refractivity contribution in [3.8, 4) is 5.75 Å². The maximum absolute atomic E-state index is 13.7. The van der Waals surface area contributed by atoms with E-state index in [0.29, 0.717) is 0 Å². The molecule has 0 bridgehead atoms. The van der Waals surface area contributed by atoms with E-state index in [4.69, 9.17) is 9.84 Å². The summed E-state index contributed by atoms with van der Waals surface area (Å²) in [6.45, 7) is 1.92. The van der Waals surface area contributed by atoms with Gasteiger partial charge in [0.15, 0.2) is 0 Å². The number of H-pyrrole nitrogens is 1. The number of fused-ring (bicyclic) bond motifs is 3. The number of ether oxygens (including phenoxy) is 1. The van der Waals surface area contributed by atoms with Crippen LogP contribution in [-0.4, -0.2) is 34.7 Å². The fourth-order valence-corrected chi connectivity index (χ4v) is 4.62. The standard InChI is InChI=1S/C26H25FN2O2/c27-20-10-8-19(9-11-20)26-25-23(22-6-1-2-7-24(22)28-25)12-13-29(26)17-18-4-3-5-21(16-18)31-15-14-30/h1-11,16,26,28,30H,12-15,17H2/t26-/m0/s1. The third kappa shape index (κ3) is 3.94. The molecule has 0 unspecified atom stereocenters. The molecular formula is C26H25FN2O2. The maximum Gasteiger partial charge on any atom is 0.123 e. The number of halogens is 1. The van der Waals surface area contributed by atoms with Crippen molar-refractivity contribution in [2.75, 3.05) is 19.8 Å². The molecule has 5 rings (SSSR count). The first kappa shape index (κ1) is 19.8. The molecule has 31 heavy (non-hydrogen) atoms. The third-order valence-corrected chi connectivity index (χ3v) is 5.96. The van der Waals surface area contributed by atoms with Crippen LogP contribution in [0.15, 0.2) is 72.8 Å². The number of para-hydroxylation sites is 1. The molecule has 0 saturated heterocycles. The van der Waals surface area contributed by atoms with Crippen molar-refractivity contribution in [1.29, 1.82) is 0 Å². The molecule has 0 spiro atoms. The monoisotopic (exact) mass is 416 g/mol. The first-order valence-electron chi connectivity index (χ1n) is 10.6. The van der Waals surface area contributed by atoms with Gasteiger partial charge in [-0.05, 0) is 53.4 Å². The molecule has 4 nitrogen and oxygen atoms in total. The summed E-state index contributed by atoms with van der Waals surface area (Å²) in [5.41, 5.74) is 5.89. The van der Waals surface area contributed by atoms with E-state index in [1.165, 1.54) is 28.8 Å². The van der Waals surface area contributed by atoms with Crippen molar-refractivity contribution < 1.29 is 14.2 Å². The Morgan fingerprint density at radius 2 is 1.87 bits per heavy atom. The molecule has 0 radical (unpaired) electrons. The van der Waals surface area contributed by atoms with Crippen LogP contribution in [-0.2, 0) is 13.0 Å². The summed E-state index contributed by atoms with van der Waals surface area (Å²) in [5.74, 6) is 0.532. The maximum atomic E-state index is 13.7. The highest BCUT2D eigenvalue weighted by Gasteiger charge is 2.31. The highest BCUT2D eigenvalue weighted by atomic mass is 19.1. The van der Waals surface area contributed by atoms with Crippen LogP contribution >= 0.6 is 0 Å². The molecule has 0 amide bonds. The lowest BCUT2D eigenvalue weighted by molar-refractivity contribution is 0.197. The molecule has 2 heterocycles. The number of hydrogen-bond acceptors (Lipinski definition) is 3. The van der Waals surface area contributed by atoms with E-state index in [0.717, 1.165) is 41.9 Å². The van der Waals surface area contributed by atoms with Crippen LogP contribution in [0.3, 0.4) is 0 Å². The highest BCUT2D eigenvalue weighted by molar-refractivity contribution is 5.85. The Kier molecular flexibility index (Phi) is 5.45. The molecule has 0 saturated carbocycles. The normalized spacial score (nSPS) is 16.4. The van der Waals surface area contributed by atoms with Gasteiger partial charge in [-0.15, -0.1) is 0 Å². The summed E-state index contributed by atoms with van der Waals surface area (Å²) in [4.78, 5) is 6.07. The summed E-state index contributed by atoms with van der Waals surface area (Å²) >= 11 is 0. The summed E-state index contributed by atoms with van der Waals surface area (Å²) in [7, 11) is 0. The average molecular weight is 416 g/mol. The van der Waals surface area contributed by atoms with E-state index in [-0.39, 0.29) is 25.1 Å². The smallest absolute Gasteiger partial charge is 0.123 e. The second-order valence-corrected chi connectivity index (χ2v) is 7.96. The van der Waals surface area contributed by atoms with E-state index in [1.54, 1.807) is 0 Å². The molecule has 3 aromatic carbocycles. The Labute approximate surface area is 180 Å². The quantitative estimate of drug-likeness (QED) is 0.474. The van der Waals surface area contributed by atoms with Gasteiger partial charge in [-0.2, -0.15) is 0 Å². The van der Waals surface area contributed by atoms with E-state index in [2.05, 4.69) is 34.1 Å². The largest absolute Gasteiger partial charge is 0.491 e. The molecule has 158 valence electrons. The summed E-state index contributed by atoms with van der Waals surface area (Å²) in [5, 5.41) is 10.3. The van der Waals surface area contributed by atoms with Crippen molar-refractivity contribution in [2.24, 2.45) is 0 Å². The Morgan fingerprint density at radius 3 is 2.71 bits per heavy atom. The van der Waals surface area contributed by atoms with Gasteiger partial charge in [0.05, 0.1) is 12.6 Å². The van der Waals surface area contributed by atoms with Gasteiger partial charge in [0.25, 0.3) is 0 Å². The predicted molar refractivity (Wildman–Crippen MR) is 120 cm³/mol. The van der Waals surface area contributed by atoms with Crippen molar-refractivity contribution in [3.63, 3.8) is 0 Å². The number of aromatic nitrogens is 1. The van der Waals surface area contributed by atoms with E-state index in [9.17, 15) is 4.39 Å². The van der Waals surface area contributed by atoms with E-state index in [1.807, 2.05) is 36.4 Å². The predicted octanol–water partition coefficient (Wildman–Crippen LogP) is 4.83. The molecule has 1 aliphatic rings. The number of nitrogens with zero attached hydrogens (tertiary/aromatic N) is 1. The van der Waals surface area contributed by atoms with Crippen LogP contribution in [0.4, 0.5) is 4.39 Å². The zero-order valence-corrected chi connectivity index (χ0v) is 17.2. The van der Waals surface area contributed by atoms with Crippen LogP contribution < -0.4 is 4.74 Å². The van der Waals surface area contributed by atoms with E-state index >= 15 is 0 Å². The van der Waals surface area contributed by atoms with Gasteiger partial charge in [0.1, 0.15) is 18.2 Å². The number of nitrogens with one attached hydrogen (secondary N) is 1. The second-order valence-electron chi connectivity index (χ2n) is 7.96. The number of rotatable bonds is 6. The summed E-state index contributed by atoms with van der Waals surface area (Å²) in [6.07, 6.45) is 0.956. The van der Waals surface area contributed by atoms with Crippen LogP contribution in [0.5, 0.6) is 5.75 Å². The molecule has 1 atom stereocenters. The van der Waals surface area contributed by atoms with Gasteiger partial charge in [-0.25, -0.2) is 4.39 Å². The fraction of sp³-hybridized carbons (Fsp3) is 0.231. The van der Waals surface area contributed by atoms with Crippen molar-refractivity contribution in [2.45, 2.75) is 19.0 Å². The topological polar surface area (TPSA) is 48.5 Å². The lowest BCUT2D eigenvalue weighted by Gasteiger charge is -2.36. The summed E-state index contributed by atoms with van der Waals surface area (Å²) < 4.78 is 19.2. The molecular weight excluding hydrogens is 391 g/mol. The second kappa shape index (κ2) is 8.53. The first-order chi connectivity index (χ1) is 15.2. The van der Waals surface area contributed by atoms with Gasteiger partial charge in [-0.3, -0.25) is 4.90 Å². The number of hydrogen-bond donors (Lipinski definition) is 2. The van der Waals surface area contributed by atoms with Crippen LogP contribution in [0.25, 0.3) is 10.9 Å². The summed E-state index contributed by atoms with van der Waals surface area (Å²) in [6, 6.07) is 23.3. The molecule has 4 aromatic rings. The van der Waals surface area contributed by atoms with Crippen LogP contribution in [0.2, 0.25) is 0 Å². The molecule has 1 aromatic heterocycles. The molecule has 2 N–H and O–H groups in total. The number of benzene rings is 3. The Balaban J connectivity index is 1.53. The number of aromatic amines is 1. The van der Waals surface area contributed by atoms with Gasteiger partial charge >= 0.3 is 0 Å². The molecule has 0 aliphatic carbocycles. The molecule has 1 aliphatic heterocycles. The van der Waals surface area contributed by atoms with Gasteiger partial charge in [0, 0.05) is 29.7 Å². The fourth-order valence-electron chi connectivity index (χ4n) is 4.62. The van der Waals surface area contributed by atoms with Crippen LogP contribution in [0, 0.1) is 5.82 Å². The highest BCUT2D eigenvalue weighted by Crippen LogP contribution is 2.39. The Hall–Kier alpha value is -3.15. The molecule has 5 heteroatoms. The lowest BCUT2D eigenvalue weighted by Crippen LogP contribution is -2.35. The minimum absolute atomic E-state index is 0.00778. The first-order valence-corrected chi connectivity index (χ1v) is 10.6. The van der Waals surface area contributed by atoms with Gasteiger partial charge < -0.3 is 14.8 Å². The zero-order valence-electron chi connectivity index (χ0n) is 17.2. The van der Waals surface area contributed by atoms with Crippen molar-refractivity contribution >= 4 is 10.9 Å². The minimum atomic E-state index is -0.225. The van der Waals surface area contributed by atoms with Gasteiger partial charge in [0.2, 0.25) is 0 Å². The third-order valence-electron chi connectivity index (χ3n) is 5.96. The van der Waals surface area contributed by atoms with E-state index < -0.39 is 0 Å². The zero-order chi connectivity index (χ0) is 21.2. The SMILES string of the molecule is OCCOc1cccc(CN2CCc3c([nH]c4ccccc34)[C@@H]2c2ccc(F)cc2)c1. The van der Waals surface area contributed by atoms with Crippen LogP contribution in [0.1, 0.15) is 28.4 Å².